The van der Waals surface area contributed by atoms with Gasteiger partial charge in [0.2, 0.25) is 0 Å². The van der Waals surface area contributed by atoms with E-state index in [9.17, 15) is 0 Å². The van der Waals surface area contributed by atoms with Crippen molar-refractivity contribution in [2.75, 3.05) is 6.61 Å². The van der Waals surface area contributed by atoms with Crippen LogP contribution in [0.15, 0.2) is 0 Å². The van der Waals surface area contributed by atoms with E-state index in [1.54, 1.807) is 0 Å². The summed E-state index contributed by atoms with van der Waals surface area (Å²) in [6.07, 6.45) is -6.62. The number of rotatable bonds is 5. The van der Waals surface area contributed by atoms with Crippen molar-refractivity contribution in [3.8, 4) is 0 Å². The second-order valence-electron chi connectivity index (χ2n) is 2.37. The third-order valence-electron chi connectivity index (χ3n) is 1.43. The highest BCUT2D eigenvalue weighted by Gasteiger charge is 2.29. The predicted molar refractivity (Wildman–Crippen MR) is 37.3 cm³/mol. The summed E-state index contributed by atoms with van der Waals surface area (Å²) in [6, 6.07) is 0. The smallest absolute Gasteiger partial charge is 0.111 e. The lowest BCUT2D eigenvalue weighted by molar-refractivity contribution is -0.114. The average molecular weight is 181 g/mol. The van der Waals surface area contributed by atoms with Crippen molar-refractivity contribution in [1.82, 2.24) is 0 Å². The molecule has 0 amide bonds. The fraction of sp³-hybridized carbons (Fsp3) is 0.833. The Hall–Kier alpha value is -0.240. The van der Waals surface area contributed by atoms with Crippen LogP contribution in [0, 0.1) is 6.61 Å². The van der Waals surface area contributed by atoms with Gasteiger partial charge < -0.3 is 30.6 Å². The Kier molecular flexibility index (Phi) is 5.31. The van der Waals surface area contributed by atoms with Crippen LogP contribution in [0.2, 0.25) is 0 Å². The van der Waals surface area contributed by atoms with Crippen molar-refractivity contribution >= 4 is 0 Å². The van der Waals surface area contributed by atoms with Crippen LogP contribution < -0.4 is 0 Å². The van der Waals surface area contributed by atoms with Crippen molar-refractivity contribution in [3.05, 3.63) is 6.61 Å². The van der Waals surface area contributed by atoms with Crippen molar-refractivity contribution in [3.63, 3.8) is 0 Å². The van der Waals surface area contributed by atoms with Crippen LogP contribution in [0.3, 0.4) is 0 Å². The van der Waals surface area contributed by atoms with E-state index in [-0.39, 0.29) is 6.61 Å². The van der Waals surface area contributed by atoms with Gasteiger partial charge in [-0.15, -0.1) is 0 Å². The average Bonchev–Trinajstić information content (AvgIpc) is 2.12. The minimum absolute atomic E-state index is 0.276. The van der Waals surface area contributed by atoms with Gasteiger partial charge in [0.15, 0.2) is 0 Å². The quantitative estimate of drug-likeness (QED) is 0.268. The molecule has 0 aromatic heterocycles. The van der Waals surface area contributed by atoms with Gasteiger partial charge in [-0.3, -0.25) is 0 Å². The lowest BCUT2D eigenvalue weighted by Crippen LogP contribution is -2.45. The number of hydrogen-bond acceptors (Lipinski definition) is 6. The zero-order chi connectivity index (χ0) is 9.72. The molecule has 4 unspecified atom stereocenters. The van der Waals surface area contributed by atoms with Crippen molar-refractivity contribution < 1.29 is 30.6 Å². The first-order valence-electron chi connectivity index (χ1n) is 3.35. The molecule has 6 nitrogen and oxygen atoms in total. The van der Waals surface area contributed by atoms with E-state index in [0.29, 0.717) is 0 Å². The van der Waals surface area contributed by atoms with E-state index in [1.165, 1.54) is 0 Å². The molecule has 0 aliphatic rings. The molecule has 6 N–H and O–H groups in total. The van der Waals surface area contributed by atoms with Gasteiger partial charge in [-0.25, -0.2) is 0 Å². The summed E-state index contributed by atoms with van der Waals surface area (Å²) in [5.74, 6) is 0. The Morgan fingerprint density at radius 1 is 1.00 bits per heavy atom. The lowest BCUT2D eigenvalue weighted by atomic mass is 10.0. The fourth-order valence-corrected chi connectivity index (χ4v) is 0.626. The Morgan fingerprint density at radius 3 is 1.83 bits per heavy atom. The van der Waals surface area contributed by atoms with Crippen molar-refractivity contribution in [2.24, 2.45) is 0 Å². The van der Waals surface area contributed by atoms with Crippen LogP contribution in [-0.4, -0.2) is 61.7 Å². The molecular formula is C6H13O6. The lowest BCUT2D eigenvalue weighted by Gasteiger charge is -2.23. The van der Waals surface area contributed by atoms with Gasteiger partial charge in [0.1, 0.15) is 31.0 Å². The van der Waals surface area contributed by atoms with Gasteiger partial charge in [0, 0.05) is 0 Å². The van der Waals surface area contributed by atoms with Crippen LogP contribution in [0.25, 0.3) is 0 Å². The summed E-state index contributed by atoms with van der Waals surface area (Å²) in [6.45, 7) is -0.464. The molecule has 0 rings (SSSR count). The van der Waals surface area contributed by atoms with Gasteiger partial charge in [-0.1, -0.05) is 0 Å². The molecule has 0 saturated carbocycles. The monoisotopic (exact) mass is 181 g/mol. The third-order valence-corrected chi connectivity index (χ3v) is 1.43. The second-order valence-corrected chi connectivity index (χ2v) is 2.37. The maximum Gasteiger partial charge on any atom is 0.111 e. The molecule has 0 aromatic rings. The molecule has 0 aliphatic heterocycles. The van der Waals surface area contributed by atoms with Crippen molar-refractivity contribution in [2.45, 2.75) is 24.4 Å². The molecule has 73 valence electrons. The summed E-state index contributed by atoms with van der Waals surface area (Å²) in [4.78, 5) is 0. The SMILES string of the molecule is O[CH]C(O)C(O)C(O)C(O)CO. The summed E-state index contributed by atoms with van der Waals surface area (Å²) in [5, 5.41) is 51.9. The summed E-state index contributed by atoms with van der Waals surface area (Å²) in [7, 11) is 0. The maximum absolute atomic E-state index is 8.94. The van der Waals surface area contributed by atoms with E-state index in [2.05, 4.69) is 0 Å². The largest absolute Gasteiger partial charge is 0.394 e. The van der Waals surface area contributed by atoms with E-state index < -0.39 is 31.0 Å². The maximum atomic E-state index is 8.94. The Bertz CT molecular complexity index is 105. The fourth-order valence-electron chi connectivity index (χ4n) is 0.626. The molecule has 6 heteroatoms. The van der Waals surface area contributed by atoms with E-state index in [1.807, 2.05) is 0 Å². The van der Waals surface area contributed by atoms with Crippen LogP contribution in [0.5, 0.6) is 0 Å². The molecule has 12 heavy (non-hydrogen) atoms. The highest BCUT2D eigenvalue weighted by atomic mass is 16.4. The number of hydrogen-bond donors (Lipinski definition) is 6. The van der Waals surface area contributed by atoms with Crippen LogP contribution in [0.4, 0.5) is 0 Å². The third kappa shape index (κ3) is 3.02. The molecule has 4 atom stereocenters. The van der Waals surface area contributed by atoms with Gasteiger partial charge >= 0.3 is 0 Å². The standard InChI is InChI=1S/C6H13O6/c7-1-3(9)5(11)6(12)4(10)2-8/h1,3-12H,2H2. The van der Waals surface area contributed by atoms with E-state index in [4.69, 9.17) is 30.6 Å². The molecule has 0 spiro atoms. The van der Waals surface area contributed by atoms with Crippen LogP contribution in [0.1, 0.15) is 0 Å². The first-order valence-corrected chi connectivity index (χ1v) is 3.35. The molecule has 0 heterocycles. The van der Waals surface area contributed by atoms with Gasteiger partial charge in [0.05, 0.1) is 6.61 Å². The first-order chi connectivity index (χ1) is 5.54. The van der Waals surface area contributed by atoms with Crippen LogP contribution >= 0.6 is 0 Å². The highest BCUT2D eigenvalue weighted by molar-refractivity contribution is 4.83. The van der Waals surface area contributed by atoms with E-state index in [0.717, 1.165) is 0 Å². The number of aliphatic hydroxyl groups is 6. The highest BCUT2D eigenvalue weighted by Crippen LogP contribution is 2.05. The Morgan fingerprint density at radius 2 is 1.50 bits per heavy atom. The number of aliphatic hydroxyl groups excluding tert-OH is 6. The van der Waals surface area contributed by atoms with Gasteiger partial charge in [-0.05, 0) is 0 Å². The minimum Gasteiger partial charge on any atom is -0.394 e. The van der Waals surface area contributed by atoms with Gasteiger partial charge in [0.25, 0.3) is 0 Å². The molecular weight excluding hydrogens is 168 g/mol. The Labute approximate surface area is 69.3 Å². The van der Waals surface area contributed by atoms with Gasteiger partial charge in [-0.2, -0.15) is 0 Å². The zero-order valence-electron chi connectivity index (χ0n) is 6.28. The normalized spacial score (nSPS) is 21.5. The molecule has 0 fully saturated rings. The zero-order valence-corrected chi connectivity index (χ0v) is 6.28. The predicted octanol–water partition coefficient (Wildman–Crippen LogP) is -3.04. The summed E-state index contributed by atoms with van der Waals surface area (Å²) in [5.41, 5.74) is 0. The first kappa shape index (κ1) is 11.8. The molecule has 0 bridgehead atoms. The molecule has 0 aromatic carbocycles. The Balaban J connectivity index is 3.99. The summed E-state index contributed by atoms with van der Waals surface area (Å²) < 4.78 is 0. The van der Waals surface area contributed by atoms with Crippen molar-refractivity contribution in [1.29, 1.82) is 0 Å². The van der Waals surface area contributed by atoms with Crippen LogP contribution in [-0.2, 0) is 0 Å². The second kappa shape index (κ2) is 5.41. The molecule has 1 radical (unpaired) electrons. The molecule has 0 aliphatic carbocycles. The molecule has 0 saturated heterocycles. The topological polar surface area (TPSA) is 121 Å². The van der Waals surface area contributed by atoms with E-state index >= 15 is 0 Å². The summed E-state index contributed by atoms with van der Waals surface area (Å²) >= 11 is 0. The minimum atomic E-state index is -1.72.